The van der Waals surface area contributed by atoms with Crippen molar-refractivity contribution in [3.8, 4) is 0 Å². The van der Waals surface area contributed by atoms with Gasteiger partial charge in [0.2, 0.25) is 5.95 Å². The number of nitrogens with zero attached hydrogens (tertiary/aromatic N) is 2. The van der Waals surface area contributed by atoms with E-state index in [0.29, 0.717) is 0 Å². The molecule has 0 atom stereocenters. The van der Waals surface area contributed by atoms with Crippen molar-refractivity contribution in [3.63, 3.8) is 0 Å². The summed E-state index contributed by atoms with van der Waals surface area (Å²) in [5.41, 5.74) is 2.47. The monoisotopic (exact) mass is 229 g/mol. The second-order valence-corrected chi connectivity index (χ2v) is 4.08. The normalized spacial score (nSPS) is 10.5. The third-order valence-electron chi connectivity index (χ3n) is 2.82. The Bertz CT molecular complexity index is 474. The van der Waals surface area contributed by atoms with Crippen LogP contribution in [0.1, 0.15) is 25.8 Å². The zero-order chi connectivity index (χ0) is 12.1. The van der Waals surface area contributed by atoms with Crippen LogP contribution in [0.25, 0.3) is 0 Å². The van der Waals surface area contributed by atoms with E-state index >= 15 is 0 Å². The minimum Gasteiger partial charge on any atom is -0.325 e. The van der Waals surface area contributed by atoms with E-state index < -0.39 is 0 Å². The first-order valence-corrected chi connectivity index (χ1v) is 6.21. The Kier molecular flexibility index (Phi) is 3.81. The maximum atomic E-state index is 4.36. The second-order valence-electron chi connectivity index (χ2n) is 4.08. The molecule has 0 saturated heterocycles. The van der Waals surface area contributed by atoms with Gasteiger partial charge in [-0.15, -0.1) is 0 Å². The first-order valence-electron chi connectivity index (χ1n) is 6.21. The summed E-state index contributed by atoms with van der Waals surface area (Å²) in [6.07, 6.45) is 5.99. The molecule has 0 amide bonds. The Morgan fingerprint density at radius 3 is 2.82 bits per heavy atom. The molecule has 17 heavy (non-hydrogen) atoms. The van der Waals surface area contributed by atoms with Crippen LogP contribution in [0.3, 0.4) is 0 Å². The number of aryl methyl sites for hydroxylation is 2. The van der Waals surface area contributed by atoms with Crippen molar-refractivity contribution < 1.29 is 0 Å². The van der Waals surface area contributed by atoms with Gasteiger partial charge in [-0.1, -0.05) is 32.0 Å². The van der Waals surface area contributed by atoms with Crippen molar-refractivity contribution in [2.75, 3.05) is 5.32 Å². The highest BCUT2D eigenvalue weighted by Gasteiger charge is 2.04. The highest BCUT2D eigenvalue weighted by Crippen LogP contribution is 2.20. The van der Waals surface area contributed by atoms with Gasteiger partial charge in [-0.05, 0) is 24.5 Å². The van der Waals surface area contributed by atoms with E-state index in [0.717, 1.165) is 31.0 Å². The quantitative estimate of drug-likeness (QED) is 0.849. The third-order valence-corrected chi connectivity index (χ3v) is 2.82. The Morgan fingerprint density at radius 1 is 1.24 bits per heavy atom. The molecule has 0 unspecified atom stereocenters. The van der Waals surface area contributed by atoms with Crippen LogP contribution < -0.4 is 5.32 Å². The highest BCUT2D eigenvalue weighted by atomic mass is 15.2. The molecule has 3 nitrogen and oxygen atoms in total. The summed E-state index contributed by atoms with van der Waals surface area (Å²) < 4.78 is 2.15. The summed E-state index contributed by atoms with van der Waals surface area (Å²) in [6, 6.07) is 8.37. The van der Waals surface area contributed by atoms with Crippen LogP contribution in [0, 0.1) is 0 Å². The first kappa shape index (κ1) is 11.7. The molecule has 0 radical (unpaired) electrons. The number of para-hydroxylation sites is 1. The summed E-state index contributed by atoms with van der Waals surface area (Å²) in [7, 11) is 0. The molecule has 2 aromatic rings. The van der Waals surface area contributed by atoms with Gasteiger partial charge in [0.15, 0.2) is 0 Å². The minimum absolute atomic E-state index is 0.924. The summed E-state index contributed by atoms with van der Waals surface area (Å²) >= 11 is 0. The second kappa shape index (κ2) is 5.53. The largest absolute Gasteiger partial charge is 0.325 e. The fraction of sp³-hybridized carbons (Fsp3) is 0.357. The molecule has 1 aromatic heterocycles. The lowest BCUT2D eigenvalue weighted by molar-refractivity contribution is 0.686. The van der Waals surface area contributed by atoms with Gasteiger partial charge in [-0.25, -0.2) is 4.98 Å². The number of rotatable bonds is 5. The molecule has 0 saturated carbocycles. The summed E-state index contributed by atoms with van der Waals surface area (Å²) in [5, 5.41) is 3.41. The lowest BCUT2D eigenvalue weighted by atomic mass is 10.1. The molecule has 1 aromatic carbocycles. The van der Waals surface area contributed by atoms with E-state index in [1.165, 1.54) is 5.56 Å². The van der Waals surface area contributed by atoms with Gasteiger partial charge in [0, 0.05) is 24.6 Å². The fourth-order valence-electron chi connectivity index (χ4n) is 1.93. The standard InChI is InChI=1S/C14H19N3/c1-3-10-17-11-9-15-14(17)16-13-8-6-5-7-12(13)4-2/h5-9,11H,3-4,10H2,1-2H3,(H,15,16). The highest BCUT2D eigenvalue weighted by molar-refractivity contribution is 5.58. The van der Waals surface area contributed by atoms with Crippen LogP contribution >= 0.6 is 0 Å². The zero-order valence-corrected chi connectivity index (χ0v) is 10.5. The van der Waals surface area contributed by atoms with Crippen LogP contribution in [0.4, 0.5) is 11.6 Å². The molecule has 0 aliphatic heterocycles. The maximum Gasteiger partial charge on any atom is 0.207 e. The molecule has 90 valence electrons. The van der Waals surface area contributed by atoms with Gasteiger partial charge in [0.1, 0.15) is 0 Å². The van der Waals surface area contributed by atoms with Gasteiger partial charge >= 0.3 is 0 Å². The van der Waals surface area contributed by atoms with Crippen LogP contribution in [0.15, 0.2) is 36.7 Å². The molecule has 0 bridgehead atoms. The zero-order valence-electron chi connectivity index (χ0n) is 10.5. The molecule has 0 aliphatic carbocycles. The van der Waals surface area contributed by atoms with E-state index in [1.807, 2.05) is 12.4 Å². The summed E-state index contributed by atoms with van der Waals surface area (Å²) in [6.45, 7) is 5.33. The van der Waals surface area contributed by atoms with Crippen molar-refractivity contribution >= 4 is 11.6 Å². The lowest BCUT2D eigenvalue weighted by Gasteiger charge is -2.11. The molecule has 1 N–H and O–H groups in total. The number of hydrogen-bond donors (Lipinski definition) is 1. The van der Waals surface area contributed by atoms with Crippen LogP contribution in [-0.4, -0.2) is 9.55 Å². The number of nitrogens with one attached hydrogen (secondary N) is 1. The van der Waals surface area contributed by atoms with Crippen molar-refractivity contribution in [1.82, 2.24) is 9.55 Å². The van der Waals surface area contributed by atoms with Gasteiger partial charge in [-0.2, -0.15) is 0 Å². The summed E-state index contributed by atoms with van der Waals surface area (Å²) in [5.74, 6) is 0.924. The average Bonchev–Trinajstić information content (AvgIpc) is 2.78. The van der Waals surface area contributed by atoms with E-state index in [-0.39, 0.29) is 0 Å². The average molecular weight is 229 g/mol. The van der Waals surface area contributed by atoms with Crippen LogP contribution in [-0.2, 0) is 13.0 Å². The molecule has 3 heteroatoms. The number of aromatic nitrogens is 2. The molecule has 0 fully saturated rings. The van der Waals surface area contributed by atoms with E-state index in [4.69, 9.17) is 0 Å². The molecule has 2 rings (SSSR count). The predicted molar refractivity (Wildman–Crippen MR) is 71.6 cm³/mol. The molecular weight excluding hydrogens is 210 g/mol. The molecule has 0 aliphatic rings. The smallest absolute Gasteiger partial charge is 0.207 e. The lowest BCUT2D eigenvalue weighted by Crippen LogP contribution is -2.04. The molecule has 1 heterocycles. The van der Waals surface area contributed by atoms with Gasteiger partial charge in [-0.3, -0.25) is 0 Å². The minimum atomic E-state index is 0.924. The van der Waals surface area contributed by atoms with Crippen molar-refractivity contribution in [2.24, 2.45) is 0 Å². The molecular formula is C14H19N3. The molecule has 0 spiro atoms. The fourth-order valence-corrected chi connectivity index (χ4v) is 1.93. The van der Waals surface area contributed by atoms with Crippen LogP contribution in [0.5, 0.6) is 0 Å². The van der Waals surface area contributed by atoms with Crippen molar-refractivity contribution in [3.05, 3.63) is 42.2 Å². The third kappa shape index (κ3) is 2.67. The number of hydrogen-bond acceptors (Lipinski definition) is 2. The number of benzene rings is 1. The van der Waals surface area contributed by atoms with E-state index in [1.54, 1.807) is 0 Å². The summed E-state index contributed by atoms with van der Waals surface area (Å²) in [4.78, 5) is 4.36. The Hall–Kier alpha value is -1.77. The van der Waals surface area contributed by atoms with Gasteiger partial charge in [0.25, 0.3) is 0 Å². The first-order chi connectivity index (χ1) is 8.35. The number of anilines is 2. The van der Waals surface area contributed by atoms with Crippen LogP contribution in [0.2, 0.25) is 0 Å². The van der Waals surface area contributed by atoms with Gasteiger partial charge in [0.05, 0.1) is 0 Å². The Balaban J connectivity index is 2.22. The van der Waals surface area contributed by atoms with E-state index in [9.17, 15) is 0 Å². The SMILES string of the molecule is CCCn1ccnc1Nc1ccccc1CC. The predicted octanol–water partition coefficient (Wildman–Crippen LogP) is 3.60. The van der Waals surface area contributed by atoms with Crippen molar-refractivity contribution in [2.45, 2.75) is 33.2 Å². The topological polar surface area (TPSA) is 29.9 Å². The Labute approximate surface area is 103 Å². The maximum absolute atomic E-state index is 4.36. The van der Waals surface area contributed by atoms with Gasteiger partial charge < -0.3 is 9.88 Å². The Morgan fingerprint density at radius 2 is 2.06 bits per heavy atom. The number of imidazole rings is 1. The van der Waals surface area contributed by atoms with E-state index in [2.05, 4.69) is 53.0 Å². The van der Waals surface area contributed by atoms with Crippen molar-refractivity contribution in [1.29, 1.82) is 0 Å².